The molecule has 0 fully saturated rings. The Labute approximate surface area is 108 Å². The monoisotopic (exact) mass is 292 g/mol. The summed E-state index contributed by atoms with van der Waals surface area (Å²) < 4.78 is 59.9. The van der Waals surface area contributed by atoms with Crippen molar-refractivity contribution in [1.29, 1.82) is 0 Å². The predicted octanol–water partition coefficient (Wildman–Crippen LogP) is 1.68. The van der Waals surface area contributed by atoms with Crippen LogP contribution in [0, 0.1) is 0 Å². The number of hydrogen-bond donors (Lipinski definition) is 0. The van der Waals surface area contributed by atoms with Gasteiger partial charge in [-0.05, 0) is 24.1 Å². The highest BCUT2D eigenvalue weighted by molar-refractivity contribution is 7.91. The Bertz CT molecular complexity index is 633. The van der Waals surface area contributed by atoms with E-state index in [0.717, 1.165) is 0 Å². The Hall–Kier alpha value is -1.83. The van der Waals surface area contributed by atoms with Gasteiger partial charge in [-0.15, -0.1) is 0 Å². The lowest BCUT2D eigenvalue weighted by Crippen LogP contribution is -2.27. The number of allylic oxidation sites excluding steroid dienone is 1. The smallest absolute Gasteiger partial charge is 0.518 e. The van der Waals surface area contributed by atoms with Crippen LogP contribution in [-0.4, -0.2) is 19.8 Å². The number of nitrogens with zero attached hydrogens (tertiary/aromatic N) is 1. The maximum absolute atomic E-state index is 12.1. The minimum absolute atomic E-state index is 0.256. The topological polar surface area (TPSA) is 69.6 Å². The van der Waals surface area contributed by atoms with Crippen molar-refractivity contribution in [2.75, 3.05) is 0 Å². The molecule has 0 atom stereocenters. The number of rotatable bonds is 3. The second-order valence-corrected chi connectivity index (χ2v) is 5.27. The van der Waals surface area contributed by atoms with Crippen LogP contribution in [0.1, 0.15) is 18.1 Å². The molecule has 4 nitrogen and oxygen atoms in total. The van der Waals surface area contributed by atoms with Gasteiger partial charge in [0.1, 0.15) is 0 Å². The van der Waals surface area contributed by atoms with E-state index < -0.39 is 21.4 Å². The Kier molecular flexibility index (Phi) is 4.04. The Balaban J connectivity index is 3.25. The maximum atomic E-state index is 12.1. The van der Waals surface area contributed by atoms with Crippen LogP contribution in [0.4, 0.5) is 13.2 Å². The average Bonchev–Trinajstić information content (AvgIpc) is 2.27. The van der Waals surface area contributed by atoms with E-state index in [2.05, 4.69) is 11.0 Å². The van der Waals surface area contributed by atoms with Crippen molar-refractivity contribution < 1.29 is 26.7 Å². The summed E-state index contributed by atoms with van der Waals surface area (Å²) in [7, 11) is -5.83. The number of halogens is 3. The summed E-state index contributed by atoms with van der Waals surface area (Å²) >= 11 is 0. The van der Waals surface area contributed by atoms with E-state index in [1.54, 1.807) is 13.0 Å². The maximum Gasteiger partial charge on any atom is 0.518 e. The minimum Gasteiger partial charge on any atom is -0.858 e. The van der Waals surface area contributed by atoms with Gasteiger partial charge in [-0.3, -0.25) is 0 Å². The molecule has 0 saturated carbocycles. The molecule has 1 aromatic carbocycles. The van der Waals surface area contributed by atoms with Crippen LogP contribution in [0.5, 0.6) is 0 Å². The first kappa shape index (κ1) is 15.2. The molecule has 0 bridgehead atoms. The van der Waals surface area contributed by atoms with Crippen LogP contribution in [0.3, 0.4) is 0 Å². The third-order valence-corrected chi connectivity index (χ3v) is 3.09. The molecule has 0 unspecified atom stereocenters. The molecule has 104 valence electrons. The second kappa shape index (κ2) is 5.04. The van der Waals surface area contributed by atoms with Gasteiger partial charge in [0.2, 0.25) is 0 Å². The fraction of sp³-hybridized carbons (Fsp3) is 0.182. The summed E-state index contributed by atoms with van der Waals surface area (Å²) in [6.07, 6.45) is 0. The van der Waals surface area contributed by atoms with E-state index in [-0.39, 0.29) is 5.56 Å². The first-order valence-corrected chi connectivity index (χ1v) is 6.33. The minimum atomic E-state index is -5.83. The van der Waals surface area contributed by atoms with Crippen LogP contribution < -0.4 is 5.11 Å². The molecule has 0 aliphatic carbocycles. The molecule has 0 N–H and O–H groups in total. The van der Waals surface area contributed by atoms with Crippen molar-refractivity contribution in [2.24, 2.45) is 4.40 Å². The van der Waals surface area contributed by atoms with E-state index in [1.807, 2.05) is 0 Å². The molecule has 0 amide bonds. The largest absolute Gasteiger partial charge is 0.858 e. The fourth-order valence-corrected chi connectivity index (χ4v) is 1.56. The van der Waals surface area contributed by atoms with Crippen LogP contribution in [-0.2, 0) is 10.0 Å². The van der Waals surface area contributed by atoms with Crippen LogP contribution in [0.15, 0.2) is 35.2 Å². The van der Waals surface area contributed by atoms with Crippen molar-refractivity contribution in [3.05, 3.63) is 42.0 Å². The lowest BCUT2D eigenvalue weighted by Gasteiger charge is -2.13. The van der Waals surface area contributed by atoms with Crippen molar-refractivity contribution in [1.82, 2.24) is 0 Å². The van der Waals surface area contributed by atoms with Crippen molar-refractivity contribution >= 4 is 21.5 Å². The zero-order valence-electron chi connectivity index (χ0n) is 9.73. The van der Waals surface area contributed by atoms with Crippen LogP contribution in [0.2, 0.25) is 0 Å². The molecular formula is C11H9F3NO3S-. The third kappa shape index (κ3) is 3.57. The van der Waals surface area contributed by atoms with E-state index in [4.69, 9.17) is 0 Å². The third-order valence-electron chi connectivity index (χ3n) is 2.10. The van der Waals surface area contributed by atoms with Crippen molar-refractivity contribution in [2.45, 2.75) is 12.4 Å². The van der Waals surface area contributed by atoms with Gasteiger partial charge in [0, 0.05) is 5.90 Å². The number of sulfonamides is 1. The first-order valence-electron chi connectivity index (χ1n) is 4.89. The molecule has 8 heteroatoms. The number of benzene rings is 1. The van der Waals surface area contributed by atoms with Gasteiger partial charge < -0.3 is 5.11 Å². The van der Waals surface area contributed by atoms with Crippen molar-refractivity contribution in [3.63, 3.8) is 0 Å². The quantitative estimate of drug-likeness (QED) is 0.628. The Morgan fingerprint density at radius 1 is 1.32 bits per heavy atom. The van der Waals surface area contributed by atoms with Gasteiger partial charge in [-0.2, -0.15) is 26.0 Å². The Morgan fingerprint density at radius 3 is 2.32 bits per heavy atom. The molecule has 0 spiro atoms. The standard InChI is InChI=1S/C11H10F3NO3S/c1-7(2)8-4-3-5-9(6-8)10(16)15-19(17,18)11(12,13)14/h3-6H,1H2,2H3,(H,15,16)/p-1. The molecule has 0 saturated heterocycles. The lowest BCUT2D eigenvalue weighted by atomic mass is 10.1. The van der Waals surface area contributed by atoms with Gasteiger partial charge in [0.05, 0.1) is 0 Å². The normalized spacial score (nSPS) is 13.4. The number of hydrogen-bond acceptors (Lipinski definition) is 3. The van der Waals surface area contributed by atoms with Crippen LogP contribution >= 0.6 is 0 Å². The summed E-state index contributed by atoms with van der Waals surface area (Å²) in [5.74, 6) is -1.47. The molecule has 1 rings (SSSR count). The summed E-state index contributed by atoms with van der Waals surface area (Å²) in [5, 5.41) is 11.4. The van der Waals surface area contributed by atoms with Crippen LogP contribution in [0.25, 0.3) is 5.57 Å². The molecule has 0 aliphatic rings. The molecule has 1 aromatic rings. The van der Waals surface area contributed by atoms with E-state index in [9.17, 15) is 26.7 Å². The first-order chi connectivity index (χ1) is 8.54. The van der Waals surface area contributed by atoms with Gasteiger partial charge in [-0.1, -0.05) is 30.4 Å². The molecule has 0 aromatic heterocycles. The van der Waals surface area contributed by atoms with Gasteiger partial charge in [0.15, 0.2) is 0 Å². The number of alkyl halides is 3. The van der Waals surface area contributed by atoms with Gasteiger partial charge in [-0.25, -0.2) is 0 Å². The highest BCUT2D eigenvalue weighted by Crippen LogP contribution is 2.25. The molecule has 0 radical (unpaired) electrons. The van der Waals surface area contributed by atoms with Gasteiger partial charge in [0.25, 0.3) is 0 Å². The predicted molar refractivity (Wildman–Crippen MR) is 62.7 cm³/mol. The molecule has 19 heavy (non-hydrogen) atoms. The summed E-state index contributed by atoms with van der Waals surface area (Å²) in [5.41, 5.74) is -4.76. The van der Waals surface area contributed by atoms with E-state index in [1.165, 1.54) is 18.2 Å². The Morgan fingerprint density at radius 2 is 1.84 bits per heavy atom. The summed E-state index contributed by atoms with van der Waals surface area (Å²) in [6.45, 7) is 5.23. The second-order valence-electron chi connectivity index (χ2n) is 3.68. The van der Waals surface area contributed by atoms with E-state index in [0.29, 0.717) is 11.1 Å². The highest BCUT2D eigenvalue weighted by Gasteiger charge is 2.45. The van der Waals surface area contributed by atoms with Crippen molar-refractivity contribution in [3.8, 4) is 0 Å². The molecule has 0 aliphatic heterocycles. The zero-order valence-corrected chi connectivity index (χ0v) is 10.5. The van der Waals surface area contributed by atoms with Gasteiger partial charge >= 0.3 is 15.5 Å². The lowest BCUT2D eigenvalue weighted by molar-refractivity contribution is -0.212. The van der Waals surface area contributed by atoms with E-state index >= 15 is 0 Å². The molecular weight excluding hydrogens is 283 g/mol. The highest BCUT2D eigenvalue weighted by atomic mass is 32.2. The summed E-state index contributed by atoms with van der Waals surface area (Å²) in [6, 6.07) is 5.37. The molecule has 0 heterocycles. The fourth-order valence-electron chi connectivity index (χ4n) is 1.13. The SMILES string of the molecule is C=C(C)c1cccc(C([O-])=NS(=O)(=O)C(F)(F)F)c1. The summed E-state index contributed by atoms with van der Waals surface area (Å²) in [4.78, 5) is 0. The average molecular weight is 292 g/mol. The zero-order chi connectivity index (χ0) is 14.8.